The maximum atomic E-state index is 10.3. The summed E-state index contributed by atoms with van der Waals surface area (Å²) in [7, 11) is 0. The highest BCUT2D eigenvalue weighted by Crippen LogP contribution is 2.60. The molecule has 6 heteroatoms. The van der Waals surface area contributed by atoms with Crippen LogP contribution in [0.25, 0.3) is 0 Å². The number of rotatable bonds is 4. The fourth-order valence-corrected chi connectivity index (χ4v) is 2.89. The lowest BCUT2D eigenvalue weighted by molar-refractivity contribution is 0.407. The predicted molar refractivity (Wildman–Crippen MR) is 91.8 cm³/mol. The van der Waals surface area contributed by atoms with Crippen LogP contribution in [0.4, 0.5) is 0 Å². The number of pyridine rings is 1. The van der Waals surface area contributed by atoms with E-state index in [-0.39, 0.29) is 11.5 Å². The summed E-state index contributed by atoms with van der Waals surface area (Å²) in [6.07, 6.45) is 2.30. The first-order valence-electron chi connectivity index (χ1n) is 7.21. The van der Waals surface area contributed by atoms with E-state index < -0.39 is 0 Å². The van der Waals surface area contributed by atoms with E-state index in [4.69, 9.17) is 32.7 Å². The third-order valence-electron chi connectivity index (χ3n) is 3.61. The molecule has 0 aliphatic carbocycles. The number of hydrogen-bond acceptors (Lipinski definition) is 4. The maximum Gasteiger partial charge on any atom is 0.216 e. The van der Waals surface area contributed by atoms with Gasteiger partial charge in [0.1, 0.15) is 5.75 Å². The van der Waals surface area contributed by atoms with Gasteiger partial charge in [0.25, 0.3) is 0 Å². The highest BCUT2D eigenvalue weighted by atomic mass is 35.5. The van der Waals surface area contributed by atoms with E-state index in [1.807, 2.05) is 18.2 Å². The third-order valence-corrected chi connectivity index (χ3v) is 4.14. The van der Waals surface area contributed by atoms with Gasteiger partial charge in [-0.3, -0.25) is 4.98 Å². The smallest absolute Gasteiger partial charge is 0.216 e. The number of phenols is 1. The molecule has 0 saturated heterocycles. The number of benzene rings is 2. The molecule has 0 saturated carbocycles. The lowest BCUT2D eigenvalue weighted by atomic mass is 10.1. The van der Waals surface area contributed by atoms with Crippen molar-refractivity contribution in [2.45, 2.75) is 6.42 Å². The molecule has 1 aliphatic rings. The lowest BCUT2D eigenvalue weighted by Gasteiger charge is -2.08. The summed E-state index contributed by atoms with van der Waals surface area (Å²) in [5.41, 5.74) is 1.75. The normalized spacial score (nSPS) is 11.6. The van der Waals surface area contributed by atoms with Gasteiger partial charge in [-0.15, -0.1) is 0 Å². The van der Waals surface area contributed by atoms with Crippen molar-refractivity contribution in [2.75, 3.05) is 0 Å². The summed E-state index contributed by atoms with van der Waals surface area (Å²) in [5, 5.41) is 11.2. The number of aromatic hydroxyl groups is 1. The summed E-state index contributed by atoms with van der Waals surface area (Å²) < 4.78 is 11.2. The minimum absolute atomic E-state index is 0.0109. The van der Waals surface area contributed by atoms with E-state index in [1.54, 1.807) is 30.5 Å². The Morgan fingerprint density at radius 1 is 1.08 bits per heavy atom. The first kappa shape index (κ1) is 15.1. The molecule has 4 nitrogen and oxygen atoms in total. The molecule has 2 aromatic carbocycles. The Morgan fingerprint density at radius 2 is 1.96 bits per heavy atom. The van der Waals surface area contributed by atoms with E-state index in [2.05, 4.69) is 4.98 Å². The van der Waals surface area contributed by atoms with Crippen molar-refractivity contribution < 1.29 is 14.6 Å². The predicted octanol–water partition coefficient (Wildman–Crippen LogP) is 5.58. The average Bonchev–Trinajstić information content (AvgIpc) is 3.35. The molecule has 0 bridgehead atoms. The Kier molecular flexibility index (Phi) is 3.71. The van der Waals surface area contributed by atoms with E-state index in [1.165, 1.54) is 0 Å². The first-order valence-corrected chi connectivity index (χ1v) is 7.97. The second-order valence-corrected chi connectivity index (χ2v) is 6.16. The van der Waals surface area contributed by atoms with Gasteiger partial charge in [0.15, 0.2) is 11.5 Å². The van der Waals surface area contributed by atoms with Crippen LogP contribution in [0, 0.1) is 0 Å². The first-order chi connectivity index (χ1) is 11.6. The van der Waals surface area contributed by atoms with Gasteiger partial charge in [-0.25, -0.2) is 0 Å². The molecular weight excluding hydrogens is 349 g/mol. The average molecular weight is 360 g/mol. The second kappa shape index (κ2) is 5.89. The van der Waals surface area contributed by atoms with Crippen LogP contribution in [-0.2, 0) is 6.42 Å². The number of fused-ring (bicyclic) bond motifs is 1. The summed E-state index contributed by atoms with van der Waals surface area (Å²) >= 11 is 12.0. The lowest BCUT2D eigenvalue weighted by Crippen LogP contribution is -1.90. The third kappa shape index (κ3) is 2.86. The van der Waals surface area contributed by atoms with Crippen LogP contribution in [0.15, 0.2) is 48.7 Å². The highest BCUT2D eigenvalue weighted by Gasteiger charge is 2.34. The highest BCUT2D eigenvalue weighted by molar-refractivity contribution is 6.35. The van der Waals surface area contributed by atoms with E-state index in [9.17, 15) is 5.11 Å². The second-order valence-electron chi connectivity index (χ2n) is 5.32. The molecule has 0 amide bonds. The van der Waals surface area contributed by atoms with Crippen LogP contribution in [-0.4, -0.2) is 10.1 Å². The summed E-state index contributed by atoms with van der Waals surface area (Å²) in [5.74, 6) is 1.86. The molecular formula is C18H11Cl2NO3. The quantitative estimate of drug-likeness (QED) is 0.483. The van der Waals surface area contributed by atoms with Crippen molar-refractivity contribution in [3.63, 3.8) is 0 Å². The van der Waals surface area contributed by atoms with Crippen molar-refractivity contribution in [1.82, 2.24) is 4.98 Å². The number of nitrogens with zero attached hydrogens (tertiary/aromatic N) is 1. The molecule has 24 heavy (non-hydrogen) atoms. The van der Waals surface area contributed by atoms with Crippen molar-refractivity contribution in [3.8, 4) is 28.7 Å². The molecule has 0 atom stereocenters. The van der Waals surface area contributed by atoms with Gasteiger partial charge >= 0.3 is 0 Å². The van der Waals surface area contributed by atoms with Crippen LogP contribution in [0.5, 0.6) is 28.7 Å². The van der Waals surface area contributed by atoms with Gasteiger partial charge in [-0.2, -0.15) is 0 Å². The Labute approximate surface area is 148 Å². The molecule has 120 valence electrons. The Bertz CT molecular complexity index is 926. The SMILES string of the molecule is Oc1cc(Cc2ccccn2)c2c(c1Oc1ccc(Cl)cc1Cl)O2. The fraction of sp³-hybridized carbons (Fsp3) is 0.0556. The molecule has 0 fully saturated rings. The van der Waals surface area contributed by atoms with Crippen molar-refractivity contribution in [2.24, 2.45) is 0 Å². The number of aromatic nitrogens is 1. The summed E-state index contributed by atoms with van der Waals surface area (Å²) in [4.78, 5) is 4.28. The molecule has 1 aliphatic heterocycles. The largest absolute Gasteiger partial charge is 0.504 e. The van der Waals surface area contributed by atoms with Gasteiger partial charge in [-0.1, -0.05) is 29.3 Å². The van der Waals surface area contributed by atoms with Crippen LogP contribution in [0.1, 0.15) is 11.3 Å². The van der Waals surface area contributed by atoms with Crippen molar-refractivity contribution in [3.05, 3.63) is 70.0 Å². The molecule has 0 radical (unpaired) electrons. The minimum Gasteiger partial charge on any atom is -0.504 e. The van der Waals surface area contributed by atoms with Gasteiger partial charge < -0.3 is 14.6 Å². The summed E-state index contributed by atoms with van der Waals surface area (Å²) in [6.45, 7) is 0. The van der Waals surface area contributed by atoms with Gasteiger partial charge in [0, 0.05) is 28.9 Å². The fourth-order valence-electron chi connectivity index (χ4n) is 2.45. The molecule has 4 rings (SSSR count). The molecule has 1 aromatic heterocycles. The van der Waals surface area contributed by atoms with Crippen LogP contribution >= 0.6 is 23.2 Å². The molecule has 0 spiro atoms. The number of hydrogen-bond donors (Lipinski definition) is 1. The van der Waals surface area contributed by atoms with Gasteiger partial charge in [0.05, 0.1) is 5.02 Å². The number of phenolic OH excluding ortho intramolecular Hbond substituents is 1. The van der Waals surface area contributed by atoms with E-state index in [0.29, 0.717) is 33.7 Å². The standard InChI is InChI=1S/C18H11Cl2NO3/c19-11-4-5-15(13(20)9-11)23-17-14(22)8-10(16-18(17)24-16)7-12-3-1-2-6-21-12/h1-6,8-9,22H,7H2. The monoisotopic (exact) mass is 359 g/mol. The molecule has 1 N–H and O–H groups in total. The van der Waals surface area contributed by atoms with Gasteiger partial charge in [0.2, 0.25) is 11.5 Å². The number of ether oxygens (including phenoxy) is 2. The van der Waals surface area contributed by atoms with Crippen molar-refractivity contribution in [1.29, 1.82) is 0 Å². The molecule has 0 unspecified atom stereocenters. The molecule has 2 heterocycles. The summed E-state index contributed by atoms with van der Waals surface area (Å²) in [6, 6.07) is 12.2. The topological polar surface area (TPSA) is 54.9 Å². The zero-order valence-electron chi connectivity index (χ0n) is 12.3. The van der Waals surface area contributed by atoms with Gasteiger partial charge in [-0.05, 0) is 36.4 Å². The molecule has 3 aromatic rings. The zero-order chi connectivity index (χ0) is 16.7. The maximum absolute atomic E-state index is 10.3. The Balaban J connectivity index is 1.63. The number of halogens is 2. The van der Waals surface area contributed by atoms with E-state index >= 15 is 0 Å². The zero-order valence-corrected chi connectivity index (χ0v) is 13.8. The van der Waals surface area contributed by atoms with Crippen LogP contribution < -0.4 is 9.47 Å². The Morgan fingerprint density at radius 3 is 2.71 bits per heavy atom. The van der Waals surface area contributed by atoms with E-state index in [0.717, 1.165) is 11.3 Å². The van der Waals surface area contributed by atoms with Crippen LogP contribution in [0.2, 0.25) is 10.0 Å². The van der Waals surface area contributed by atoms with Crippen LogP contribution in [0.3, 0.4) is 0 Å². The van der Waals surface area contributed by atoms with Crippen molar-refractivity contribution >= 4 is 23.2 Å². The Hall–Kier alpha value is -2.43. The minimum atomic E-state index is -0.0109.